The van der Waals surface area contributed by atoms with E-state index in [1.54, 1.807) is 0 Å². The molecule has 0 aromatic rings. The first-order valence-corrected chi connectivity index (χ1v) is 6.12. The summed E-state index contributed by atoms with van der Waals surface area (Å²) in [6, 6.07) is 0.181. The third kappa shape index (κ3) is 2.70. The summed E-state index contributed by atoms with van der Waals surface area (Å²) < 4.78 is 5.36. The van der Waals surface area contributed by atoms with Crippen molar-refractivity contribution < 1.29 is 9.77 Å². The predicted octanol–water partition coefficient (Wildman–Crippen LogP) is -0.193. The van der Waals surface area contributed by atoms with Gasteiger partial charge in [0.25, 0.3) is 5.96 Å². The van der Waals surface area contributed by atoms with Gasteiger partial charge in [0.2, 0.25) is 0 Å². The van der Waals surface area contributed by atoms with Crippen LogP contribution in [0.4, 0.5) is 0 Å². The van der Waals surface area contributed by atoms with E-state index in [4.69, 9.17) is 4.74 Å². The van der Waals surface area contributed by atoms with Crippen LogP contribution >= 0.6 is 0 Å². The zero-order valence-corrected chi connectivity index (χ0v) is 10.8. The summed E-state index contributed by atoms with van der Waals surface area (Å²) >= 11 is 0. The molecule has 0 aromatic heterocycles. The SMILES string of the molecule is CCN1CN(C)C(=N[N+](=O)[O-])N(C2CCOC2)C1. The molecule has 0 aromatic carbocycles. The average molecular weight is 257 g/mol. The molecular weight excluding hydrogens is 238 g/mol. The number of hydrazone groups is 1. The molecule has 2 heterocycles. The third-order valence-electron chi connectivity index (χ3n) is 3.33. The second kappa shape index (κ2) is 5.49. The Hall–Kier alpha value is -1.41. The maximum atomic E-state index is 10.6. The van der Waals surface area contributed by atoms with Crippen LogP contribution in [0.5, 0.6) is 0 Å². The molecule has 8 nitrogen and oxygen atoms in total. The summed E-state index contributed by atoms with van der Waals surface area (Å²) in [5.74, 6) is 0.431. The van der Waals surface area contributed by atoms with Crippen LogP contribution in [0.3, 0.4) is 0 Å². The van der Waals surface area contributed by atoms with Gasteiger partial charge in [0, 0.05) is 13.7 Å². The number of hydrogen-bond donors (Lipinski definition) is 0. The van der Waals surface area contributed by atoms with Gasteiger partial charge in [-0.3, -0.25) is 4.90 Å². The van der Waals surface area contributed by atoms with Gasteiger partial charge in [-0.05, 0) is 13.0 Å². The minimum atomic E-state index is -0.629. The first-order chi connectivity index (χ1) is 8.61. The highest BCUT2D eigenvalue weighted by Crippen LogP contribution is 2.18. The van der Waals surface area contributed by atoms with Crippen LogP contribution in [0.1, 0.15) is 13.3 Å². The summed E-state index contributed by atoms with van der Waals surface area (Å²) in [7, 11) is 1.83. The highest BCUT2D eigenvalue weighted by molar-refractivity contribution is 5.80. The summed E-state index contributed by atoms with van der Waals surface area (Å²) in [4.78, 5) is 16.6. The van der Waals surface area contributed by atoms with Crippen molar-refractivity contribution in [3.05, 3.63) is 10.1 Å². The Balaban J connectivity index is 2.19. The minimum absolute atomic E-state index is 0.181. The lowest BCUT2D eigenvalue weighted by Crippen LogP contribution is -2.60. The lowest BCUT2D eigenvalue weighted by molar-refractivity contribution is -0.486. The Morgan fingerprint density at radius 1 is 1.56 bits per heavy atom. The molecule has 0 spiro atoms. The van der Waals surface area contributed by atoms with E-state index in [0.717, 1.165) is 13.0 Å². The predicted molar refractivity (Wildman–Crippen MR) is 65.4 cm³/mol. The molecule has 0 amide bonds. The molecule has 2 aliphatic heterocycles. The fourth-order valence-corrected chi connectivity index (χ4v) is 2.36. The Morgan fingerprint density at radius 3 is 2.89 bits per heavy atom. The van der Waals surface area contributed by atoms with Gasteiger partial charge < -0.3 is 14.5 Å². The van der Waals surface area contributed by atoms with Crippen molar-refractivity contribution in [1.29, 1.82) is 0 Å². The van der Waals surface area contributed by atoms with E-state index in [1.807, 2.05) is 16.8 Å². The molecule has 2 fully saturated rings. The van der Waals surface area contributed by atoms with E-state index in [1.165, 1.54) is 0 Å². The van der Waals surface area contributed by atoms with Crippen molar-refractivity contribution in [3.63, 3.8) is 0 Å². The van der Waals surface area contributed by atoms with Crippen molar-refractivity contribution in [2.24, 2.45) is 5.10 Å². The molecule has 1 atom stereocenters. The van der Waals surface area contributed by atoms with Gasteiger partial charge in [0.05, 0.1) is 26.0 Å². The second-order valence-corrected chi connectivity index (χ2v) is 4.59. The molecule has 2 aliphatic rings. The van der Waals surface area contributed by atoms with Crippen LogP contribution in [0.2, 0.25) is 0 Å². The monoisotopic (exact) mass is 257 g/mol. The molecule has 18 heavy (non-hydrogen) atoms. The quantitative estimate of drug-likeness (QED) is 0.515. The van der Waals surface area contributed by atoms with Crippen LogP contribution in [-0.4, -0.2) is 71.9 Å². The summed E-state index contributed by atoms with van der Waals surface area (Å²) in [5.41, 5.74) is 0. The zero-order valence-electron chi connectivity index (χ0n) is 10.8. The van der Waals surface area contributed by atoms with Crippen molar-refractivity contribution in [2.75, 3.05) is 40.1 Å². The van der Waals surface area contributed by atoms with Gasteiger partial charge >= 0.3 is 0 Å². The largest absolute Gasteiger partial charge is 0.379 e. The van der Waals surface area contributed by atoms with E-state index < -0.39 is 5.03 Å². The number of nitro groups is 1. The average Bonchev–Trinajstić information content (AvgIpc) is 2.84. The maximum Gasteiger partial charge on any atom is 0.276 e. The number of hydrogen-bond acceptors (Lipinski definition) is 4. The molecule has 0 saturated carbocycles. The Bertz CT molecular complexity index is 342. The molecule has 102 valence electrons. The van der Waals surface area contributed by atoms with Gasteiger partial charge in [-0.1, -0.05) is 6.92 Å². The summed E-state index contributed by atoms with van der Waals surface area (Å²) in [5, 5.41) is 13.5. The molecule has 2 rings (SSSR count). The molecule has 2 saturated heterocycles. The van der Waals surface area contributed by atoms with E-state index >= 15 is 0 Å². The first kappa shape index (κ1) is 13.0. The van der Waals surface area contributed by atoms with Gasteiger partial charge in [0.15, 0.2) is 5.03 Å². The molecule has 0 radical (unpaired) electrons. The van der Waals surface area contributed by atoms with Gasteiger partial charge in [-0.25, -0.2) is 10.1 Å². The highest BCUT2D eigenvalue weighted by Gasteiger charge is 2.34. The Kier molecular flexibility index (Phi) is 3.97. The molecule has 0 N–H and O–H groups in total. The van der Waals surface area contributed by atoms with Gasteiger partial charge in [-0.2, -0.15) is 0 Å². The fourth-order valence-electron chi connectivity index (χ4n) is 2.36. The second-order valence-electron chi connectivity index (χ2n) is 4.59. The van der Waals surface area contributed by atoms with Crippen LogP contribution in [0, 0.1) is 10.1 Å². The molecule has 0 bridgehead atoms. The Labute approximate surface area is 106 Å². The fraction of sp³-hybridized carbons (Fsp3) is 0.900. The van der Waals surface area contributed by atoms with Crippen LogP contribution in [0.25, 0.3) is 0 Å². The van der Waals surface area contributed by atoms with Gasteiger partial charge in [0.1, 0.15) is 5.10 Å². The van der Waals surface area contributed by atoms with E-state index in [9.17, 15) is 10.1 Å². The standard InChI is InChI=1S/C10H19N5O3/c1-3-13-7-12(2)10(11-15(16)17)14(8-13)9-4-5-18-6-9/h9H,3-8H2,1-2H3. The molecule has 8 heteroatoms. The normalized spacial score (nSPS) is 28.1. The van der Waals surface area contributed by atoms with Crippen LogP contribution in [0.15, 0.2) is 5.10 Å². The van der Waals surface area contributed by atoms with E-state index in [2.05, 4.69) is 16.9 Å². The lowest BCUT2D eigenvalue weighted by atomic mass is 10.2. The molecular formula is C10H19N5O3. The Morgan fingerprint density at radius 2 is 2.33 bits per heavy atom. The molecule has 1 unspecified atom stereocenters. The van der Waals surface area contributed by atoms with Crippen LogP contribution < -0.4 is 0 Å². The lowest BCUT2D eigenvalue weighted by Gasteiger charge is -2.43. The van der Waals surface area contributed by atoms with Crippen molar-refractivity contribution in [2.45, 2.75) is 19.4 Å². The minimum Gasteiger partial charge on any atom is -0.379 e. The van der Waals surface area contributed by atoms with Crippen LogP contribution in [-0.2, 0) is 4.74 Å². The zero-order chi connectivity index (χ0) is 13.1. The smallest absolute Gasteiger partial charge is 0.276 e. The first-order valence-electron chi connectivity index (χ1n) is 6.12. The van der Waals surface area contributed by atoms with Crippen molar-refractivity contribution in [1.82, 2.24) is 14.7 Å². The van der Waals surface area contributed by atoms with E-state index in [0.29, 0.717) is 32.5 Å². The number of nitrogens with zero attached hydrogens (tertiary/aromatic N) is 5. The summed E-state index contributed by atoms with van der Waals surface area (Å²) in [6.45, 7) is 5.63. The highest BCUT2D eigenvalue weighted by atomic mass is 16.7. The van der Waals surface area contributed by atoms with E-state index in [-0.39, 0.29) is 6.04 Å². The number of rotatable bonds is 3. The molecule has 0 aliphatic carbocycles. The summed E-state index contributed by atoms with van der Waals surface area (Å²) in [6.07, 6.45) is 0.891. The topological polar surface area (TPSA) is 74.5 Å². The maximum absolute atomic E-state index is 10.6. The number of ether oxygens (including phenoxy) is 1. The van der Waals surface area contributed by atoms with Crippen molar-refractivity contribution >= 4 is 5.96 Å². The van der Waals surface area contributed by atoms with Crippen molar-refractivity contribution in [3.8, 4) is 0 Å². The number of guanidine groups is 1. The third-order valence-corrected chi connectivity index (χ3v) is 3.33. The van der Waals surface area contributed by atoms with Gasteiger partial charge in [-0.15, -0.1) is 0 Å².